The van der Waals surface area contributed by atoms with Gasteiger partial charge in [0.15, 0.2) is 0 Å². The van der Waals surface area contributed by atoms with E-state index < -0.39 is 0 Å². The molecule has 1 aliphatic carbocycles. The van der Waals surface area contributed by atoms with Crippen molar-refractivity contribution < 1.29 is 0 Å². The lowest BCUT2D eigenvalue weighted by Crippen LogP contribution is -1.91. The highest BCUT2D eigenvalue weighted by Gasteiger charge is 2.03. The summed E-state index contributed by atoms with van der Waals surface area (Å²) in [7, 11) is 0. The Hall–Kier alpha value is -1.31. The van der Waals surface area contributed by atoms with Gasteiger partial charge in [0.05, 0.1) is 0 Å². The molecule has 1 aromatic heterocycles. The van der Waals surface area contributed by atoms with Crippen LogP contribution in [0.4, 0.5) is 5.82 Å². The minimum Gasteiger partial charge on any atom is -0.384 e. The second kappa shape index (κ2) is 1.84. The Labute approximate surface area is 59.4 Å². The van der Waals surface area contributed by atoms with Gasteiger partial charge in [-0.25, -0.2) is 4.98 Å². The molecule has 50 valence electrons. The Kier molecular flexibility index (Phi) is 1.01. The number of aromatic nitrogens is 1. The van der Waals surface area contributed by atoms with Gasteiger partial charge in [-0.2, -0.15) is 0 Å². The van der Waals surface area contributed by atoms with Crippen molar-refractivity contribution in [2.45, 2.75) is 6.42 Å². The summed E-state index contributed by atoms with van der Waals surface area (Å²) < 4.78 is 0. The maximum atomic E-state index is 5.49. The Morgan fingerprint density at radius 2 is 2.40 bits per heavy atom. The number of pyridine rings is 1. The Bertz CT molecular complexity index is 289. The number of fused-ring (bicyclic) bond motifs is 1. The van der Waals surface area contributed by atoms with E-state index in [1.807, 2.05) is 12.3 Å². The highest BCUT2D eigenvalue weighted by atomic mass is 14.8. The summed E-state index contributed by atoms with van der Waals surface area (Å²) in [6.45, 7) is 0. The van der Waals surface area contributed by atoms with E-state index in [2.05, 4.69) is 17.1 Å². The first-order chi connectivity index (χ1) is 4.86. The molecule has 0 saturated heterocycles. The third-order valence-electron chi connectivity index (χ3n) is 1.68. The number of nitrogens with zero attached hydrogens (tertiary/aromatic N) is 1. The molecular formula is C8H8N2. The number of rotatable bonds is 0. The van der Waals surface area contributed by atoms with Gasteiger partial charge in [0.25, 0.3) is 0 Å². The third-order valence-corrected chi connectivity index (χ3v) is 1.68. The molecule has 10 heavy (non-hydrogen) atoms. The molecule has 2 nitrogen and oxygen atoms in total. The molecule has 0 fully saturated rings. The van der Waals surface area contributed by atoms with Gasteiger partial charge < -0.3 is 5.73 Å². The second-order valence-corrected chi connectivity index (χ2v) is 2.41. The number of anilines is 1. The van der Waals surface area contributed by atoms with E-state index in [4.69, 9.17) is 5.73 Å². The van der Waals surface area contributed by atoms with Crippen molar-refractivity contribution in [3.05, 3.63) is 29.5 Å². The molecule has 0 aliphatic heterocycles. The summed E-state index contributed by atoms with van der Waals surface area (Å²) in [5, 5.41) is 0. The maximum Gasteiger partial charge on any atom is 0.123 e. The number of hydrogen-bond acceptors (Lipinski definition) is 2. The molecule has 0 atom stereocenters. The zero-order valence-corrected chi connectivity index (χ0v) is 5.54. The first-order valence-electron chi connectivity index (χ1n) is 3.27. The average Bonchev–Trinajstić information content (AvgIpc) is 2.33. The molecule has 1 aromatic rings. The fraction of sp³-hybridized carbons (Fsp3) is 0.125. The third kappa shape index (κ3) is 0.692. The van der Waals surface area contributed by atoms with Gasteiger partial charge in [0.1, 0.15) is 5.82 Å². The fourth-order valence-corrected chi connectivity index (χ4v) is 1.15. The van der Waals surface area contributed by atoms with Crippen molar-refractivity contribution in [3.8, 4) is 0 Å². The molecule has 0 unspecified atom stereocenters. The average molecular weight is 132 g/mol. The lowest BCUT2D eigenvalue weighted by molar-refractivity contribution is 1.22. The molecule has 2 rings (SSSR count). The second-order valence-electron chi connectivity index (χ2n) is 2.41. The van der Waals surface area contributed by atoms with Gasteiger partial charge in [-0.1, -0.05) is 12.2 Å². The minimum absolute atomic E-state index is 0.602. The van der Waals surface area contributed by atoms with Crippen LogP contribution in [0.1, 0.15) is 11.1 Å². The smallest absolute Gasteiger partial charge is 0.123 e. The molecule has 0 radical (unpaired) electrons. The first-order valence-corrected chi connectivity index (χ1v) is 3.27. The molecule has 2 N–H and O–H groups in total. The molecule has 0 aromatic carbocycles. The normalized spacial score (nSPS) is 13.6. The van der Waals surface area contributed by atoms with E-state index in [1.165, 1.54) is 11.1 Å². The molecular weight excluding hydrogens is 124 g/mol. The molecule has 0 spiro atoms. The molecule has 2 heteroatoms. The van der Waals surface area contributed by atoms with Crippen LogP contribution in [0.15, 0.2) is 18.3 Å². The largest absolute Gasteiger partial charge is 0.384 e. The fourth-order valence-electron chi connectivity index (χ4n) is 1.15. The van der Waals surface area contributed by atoms with Crippen LogP contribution in [0.25, 0.3) is 6.08 Å². The highest BCUT2D eigenvalue weighted by Crippen LogP contribution is 2.19. The van der Waals surface area contributed by atoms with Gasteiger partial charge in [0.2, 0.25) is 0 Å². The van der Waals surface area contributed by atoms with E-state index in [0.717, 1.165) is 6.42 Å². The van der Waals surface area contributed by atoms with Crippen LogP contribution in [-0.2, 0) is 6.42 Å². The van der Waals surface area contributed by atoms with Crippen LogP contribution in [0.5, 0.6) is 0 Å². The van der Waals surface area contributed by atoms with Gasteiger partial charge in [-0.3, -0.25) is 0 Å². The van der Waals surface area contributed by atoms with Crippen molar-refractivity contribution >= 4 is 11.9 Å². The van der Waals surface area contributed by atoms with Crippen LogP contribution in [-0.4, -0.2) is 4.98 Å². The predicted octanol–water partition coefficient (Wildman–Crippen LogP) is 1.23. The molecule has 0 amide bonds. The van der Waals surface area contributed by atoms with Crippen LogP contribution in [0.3, 0.4) is 0 Å². The number of allylic oxidation sites excluding steroid dienone is 1. The van der Waals surface area contributed by atoms with Crippen molar-refractivity contribution in [1.29, 1.82) is 0 Å². The lowest BCUT2D eigenvalue weighted by atomic mass is 10.2. The minimum atomic E-state index is 0.602. The summed E-state index contributed by atoms with van der Waals surface area (Å²) in [5.74, 6) is 0.602. The Morgan fingerprint density at radius 3 is 3.30 bits per heavy atom. The number of hydrogen-bond donors (Lipinski definition) is 1. The first kappa shape index (κ1) is 5.47. The van der Waals surface area contributed by atoms with Crippen molar-refractivity contribution in [2.24, 2.45) is 0 Å². The quantitative estimate of drug-likeness (QED) is 0.576. The van der Waals surface area contributed by atoms with Gasteiger partial charge in [-0.15, -0.1) is 0 Å². The van der Waals surface area contributed by atoms with E-state index in [1.54, 1.807) is 0 Å². The maximum absolute atomic E-state index is 5.49. The van der Waals surface area contributed by atoms with E-state index in [0.29, 0.717) is 5.82 Å². The lowest BCUT2D eigenvalue weighted by Gasteiger charge is -1.96. The zero-order chi connectivity index (χ0) is 6.97. The van der Waals surface area contributed by atoms with Gasteiger partial charge in [-0.05, 0) is 23.6 Å². The summed E-state index contributed by atoms with van der Waals surface area (Å²) >= 11 is 0. The van der Waals surface area contributed by atoms with E-state index in [9.17, 15) is 0 Å². The summed E-state index contributed by atoms with van der Waals surface area (Å²) in [4.78, 5) is 3.99. The summed E-state index contributed by atoms with van der Waals surface area (Å²) in [6.07, 6.45) is 7.03. The van der Waals surface area contributed by atoms with E-state index in [-0.39, 0.29) is 0 Å². The monoisotopic (exact) mass is 132 g/mol. The number of nitrogens with two attached hydrogens (primary N) is 1. The highest BCUT2D eigenvalue weighted by molar-refractivity contribution is 5.61. The topological polar surface area (TPSA) is 38.9 Å². The Morgan fingerprint density at radius 1 is 1.50 bits per heavy atom. The standard InChI is InChI=1S/C8H8N2/c9-8-4-6-2-1-3-7(6)5-10-8/h1-2,4-5H,3H2,(H2,9,10). The zero-order valence-electron chi connectivity index (χ0n) is 5.54. The summed E-state index contributed by atoms with van der Waals surface area (Å²) in [5.41, 5.74) is 7.97. The Balaban J connectivity index is 2.60. The van der Waals surface area contributed by atoms with Crippen LogP contribution >= 0.6 is 0 Å². The van der Waals surface area contributed by atoms with Crippen LogP contribution < -0.4 is 5.73 Å². The molecule has 0 saturated carbocycles. The summed E-state index contributed by atoms with van der Waals surface area (Å²) in [6, 6.07) is 1.90. The molecule has 1 aliphatic rings. The number of nitrogen functional groups attached to an aromatic ring is 1. The van der Waals surface area contributed by atoms with Crippen molar-refractivity contribution in [3.63, 3.8) is 0 Å². The predicted molar refractivity (Wildman–Crippen MR) is 41.4 cm³/mol. The van der Waals surface area contributed by atoms with Crippen molar-refractivity contribution in [1.82, 2.24) is 4.98 Å². The van der Waals surface area contributed by atoms with Crippen LogP contribution in [0, 0.1) is 0 Å². The SMILES string of the molecule is Nc1cc2c(cn1)CC=C2. The van der Waals surface area contributed by atoms with Crippen molar-refractivity contribution in [2.75, 3.05) is 5.73 Å². The van der Waals surface area contributed by atoms with Crippen LogP contribution in [0.2, 0.25) is 0 Å². The molecule has 1 heterocycles. The van der Waals surface area contributed by atoms with Gasteiger partial charge >= 0.3 is 0 Å². The molecule has 0 bridgehead atoms. The van der Waals surface area contributed by atoms with Gasteiger partial charge in [0, 0.05) is 6.20 Å². The van der Waals surface area contributed by atoms with E-state index >= 15 is 0 Å².